The maximum Gasteiger partial charge on any atom is 0.349 e. The van der Waals surface area contributed by atoms with Crippen LogP contribution in [-0.4, -0.2) is 17.0 Å². The van der Waals surface area contributed by atoms with Gasteiger partial charge in [-0.05, 0) is 18.2 Å². The van der Waals surface area contributed by atoms with E-state index in [-0.39, 0.29) is 5.02 Å². The summed E-state index contributed by atoms with van der Waals surface area (Å²) < 4.78 is 0. The molecule has 1 rings (SSSR count). The van der Waals surface area contributed by atoms with Gasteiger partial charge in [-0.15, -0.1) is 0 Å². The molecule has 2 N–H and O–H groups in total. The Morgan fingerprint density at radius 2 is 1.67 bits per heavy atom. The lowest BCUT2D eigenvalue weighted by Crippen LogP contribution is -2.14. The van der Waals surface area contributed by atoms with Gasteiger partial charge in [0.1, 0.15) is 10.1 Å². The molecule has 1 aromatic carbocycles. The smallest absolute Gasteiger partial charge is 0.349 e. The van der Waals surface area contributed by atoms with E-state index < -0.39 is 21.9 Å². The maximum absolute atomic E-state index is 11.5. The maximum atomic E-state index is 11.5. The summed E-state index contributed by atoms with van der Waals surface area (Å²) in [6, 6.07) is 4.33. The van der Waals surface area contributed by atoms with Gasteiger partial charge in [-0.3, -0.25) is 4.79 Å². The van der Waals surface area contributed by atoms with E-state index >= 15 is 0 Å². The van der Waals surface area contributed by atoms with E-state index in [1.807, 2.05) is 0 Å². The summed E-state index contributed by atoms with van der Waals surface area (Å²) in [7, 11) is 0. The predicted molar refractivity (Wildman–Crippen MR) is 71.5 cm³/mol. The van der Waals surface area contributed by atoms with Gasteiger partial charge in [0.2, 0.25) is 0 Å². The highest BCUT2D eigenvalue weighted by atomic mass is 35.5. The zero-order valence-electron chi connectivity index (χ0n) is 8.51. The van der Waals surface area contributed by atoms with Gasteiger partial charge in [-0.25, -0.2) is 4.79 Å². The normalized spacial score (nSPS) is 11.8. The first-order valence-corrected chi connectivity index (χ1v) is 5.89. The summed E-state index contributed by atoms with van der Waals surface area (Å²) in [6.07, 6.45) is 0. The first kappa shape index (κ1) is 15.1. The number of rotatable bonds is 3. The molecule has 0 saturated carbocycles. The van der Waals surface area contributed by atoms with Gasteiger partial charge in [-0.2, -0.15) is 0 Å². The molecule has 0 bridgehead atoms. The Balaban J connectivity index is 2.92. The number of benzene rings is 1. The number of amides is 1. The molecular weight excluding hydrogens is 324 g/mol. The van der Waals surface area contributed by atoms with Crippen molar-refractivity contribution in [1.29, 1.82) is 0 Å². The number of carbonyl (C=O) groups is 2. The van der Waals surface area contributed by atoms with Crippen molar-refractivity contribution >= 4 is 64.0 Å². The predicted octanol–water partition coefficient (Wildman–Crippen LogP) is 3.71. The summed E-state index contributed by atoms with van der Waals surface area (Å²) >= 11 is 22.3. The molecular formula is C10H5Cl4NO3. The van der Waals surface area contributed by atoms with Gasteiger partial charge in [0, 0.05) is 5.69 Å². The van der Waals surface area contributed by atoms with Crippen molar-refractivity contribution in [1.82, 2.24) is 0 Å². The number of carboxylic acids is 1. The fourth-order valence-electron chi connectivity index (χ4n) is 0.953. The number of aliphatic carboxylic acids is 1. The Hall–Kier alpha value is -0.940. The number of anilines is 1. The van der Waals surface area contributed by atoms with Crippen molar-refractivity contribution in [2.75, 3.05) is 5.32 Å². The molecule has 18 heavy (non-hydrogen) atoms. The molecule has 0 aliphatic rings. The fourth-order valence-corrected chi connectivity index (χ4v) is 1.47. The van der Waals surface area contributed by atoms with E-state index in [2.05, 4.69) is 5.32 Å². The van der Waals surface area contributed by atoms with Crippen molar-refractivity contribution in [3.63, 3.8) is 0 Å². The molecule has 1 aromatic rings. The quantitative estimate of drug-likeness (QED) is 0.831. The van der Waals surface area contributed by atoms with Crippen LogP contribution in [0.1, 0.15) is 0 Å². The second-order valence-corrected chi connectivity index (χ2v) is 4.59. The number of halogens is 4. The molecule has 0 unspecified atom stereocenters. The van der Waals surface area contributed by atoms with Gasteiger partial charge < -0.3 is 10.4 Å². The summed E-state index contributed by atoms with van der Waals surface area (Å²) in [5.74, 6) is -2.35. The minimum atomic E-state index is -1.49. The molecule has 96 valence electrons. The SMILES string of the molecule is O=C(O)/C(Cl)=C(/Cl)C(=O)Nc1ccc(Cl)c(Cl)c1. The largest absolute Gasteiger partial charge is 0.477 e. The van der Waals surface area contributed by atoms with Crippen molar-refractivity contribution < 1.29 is 14.7 Å². The van der Waals surface area contributed by atoms with E-state index in [1.165, 1.54) is 18.2 Å². The summed E-state index contributed by atoms with van der Waals surface area (Å²) in [4.78, 5) is 22.0. The highest BCUT2D eigenvalue weighted by molar-refractivity contribution is 6.54. The molecule has 0 atom stereocenters. The van der Waals surface area contributed by atoms with Gasteiger partial charge in [0.05, 0.1) is 10.0 Å². The zero-order valence-corrected chi connectivity index (χ0v) is 11.5. The van der Waals surface area contributed by atoms with E-state index in [0.717, 1.165) is 0 Å². The molecule has 0 saturated heterocycles. The van der Waals surface area contributed by atoms with Crippen LogP contribution in [0.25, 0.3) is 0 Å². The van der Waals surface area contributed by atoms with E-state index in [1.54, 1.807) is 0 Å². The molecule has 0 radical (unpaired) electrons. The van der Waals surface area contributed by atoms with Crippen LogP contribution in [-0.2, 0) is 9.59 Å². The minimum absolute atomic E-state index is 0.235. The lowest BCUT2D eigenvalue weighted by molar-refractivity contribution is -0.132. The average Bonchev–Trinajstić information content (AvgIpc) is 2.31. The molecule has 0 aliphatic heterocycles. The number of hydrogen-bond acceptors (Lipinski definition) is 2. The highest BCUT2D eigenvalue weighted by Crippen LogP contribution is 2.25. The summed E-state index contributed by atoms with van der Waals surface area (Å²) in [6.45, 7) is 0. The van der Waals surface area contributed by atoms with Crippen LogP contribution in [0, 0.1) is 0 Å². The highest BCUT2D eigenvalue weighted by Gasteiger charge is 2.17. The third-order valence-electron chi connectivity index (χ3n) is 1.76. The molecule has 4 nitrogen and oxygen atoms in total. The van der Waals surface area contributed by atoms with Crippen molar-refractivity contribution in [2.24, 2.45) is 0 Å². The van der Waals surface area contributed by atoms with Crippen molar-refractivity contribution in [3.8, 4) is 0 Å². The number of carbonyl (C=O) groups excluding carboxylic acids is 1. The molecule has 1 amide bonds. The summed E-state index contributed by atoms with van der Waals surface area (Å²) in [5, 5.41) is 10.0. The molecule has 0 heterocycles. The Kier molecular flexibility index (Phi) is 5.28. The van der Waals surface area contributed by atoms with Crippen LogP contribution in [0.5, 0.6) is 0 Å². The Morgan fingerprint density at radius 3 is 2.17 bits per heavy atom. The lowest BCUT2D eigenvalue weighted by atomic mass is 10.3. The average molecular weight is 329 g/mol. The number of nitrogens with one attached hydrogen (secondary N) is 1. The van der Waals surface area contributed by atoms with E-state index in [0.29, 0.717) is 10.7 Å². The first-order valence-electron chi connectivity index (χ1n) is 4.38. The Bertz CT molecular complexity index is 542. The van der Waals surface area contributed by atoms with E-state index in [9.17, 15) is 9.59 Å². The van der Waals surface area contributed by atoms with Crippen LogP contribution in [0.2, 0.25) is 10.0 Å². The topological polar surface area (TPSA) is 66.4 Å². The monoisotopic (exact) mass is 327 g/mol. The first-order chi connectivity index (χ1) is 8.32. The molecule has 0 aliphatic carbocycles. The van der Waals surface area contributed by atoms with Gasteiger partial charge in [0.25, 0.3) is 5.91 Å². The Labute approximate surface area is 122 Å². The zero-order chi connectivity index (χ0) is 13.9. The second-order valence-electron chi connectivity index (χ2n) is 3.02. The fraction of sp³-hybridized carbons (Fsp3) is 0. The number of carboxylic acid groups (broad SMARTS) is 1. The molecule has 0 aromatic heterocycles. The molecule has 8 heteroatoms. The minimum Gasteiger partial charge on any atom is -0.477 e. The lowest BCUT2D eigenvalue weighted by Gasteiger charge is -2.06. The van der Waals surface area contributed by atoms with Gasteiger partial charge >= 0.3 is 5.97 Å². The van der Waals surface area contributed by atoms with E-state index in [4.69, 9.17) is 51.5 Å². The van der Waals surface area contributed by atoms with Crippen LogP contribution in [0.3, 0.4) is 0 Å². The number of hydrogen-bond donors (Lipinski definition) is 2. The third kappa shape index (κ3) is 3.78. The summed E-state index contributed by atoms with van der Waals surface area (Å²) in [5.41, 5.74) is 0.308. The van der Waals surface area contributed by atoms with Crippen LogP contribution >= 0.6 is 46.4 Å². The van der Waals surface area contributed by atoms with Gasteiger partial charge in [-0.1, -0.05) is 46.4 Å². The van der Waals surface area contributed by atoms with Crippen LogP contribution in [0.4, 0.5) is 5.69 Å². The Morgan fingerprint density at radius 1 is 1.06 bits per heavy atom. The standard InChI is InChI=1S/C10H5Cl4NO3/c11-5-2-1-4(3-6(5)12)15-9(16)7(13)8(14)10(17)18/h1-3H,(H,15,16)(H,17,18)/b8-7-. The molecule has 0 fully saturated rings. The molecule has 0 spiro atoms. The van der Waals surface area contributed by atoms with Crippen LogP contribution in [0.15, 0.2) is 28.3 Å². The van der Waals surface area contributed by atoms with Crippen molar-refractivity contribution in [3.05, 3.63) is 38.3 Å². The van der Waals surface area contributed by atoms with Crippen molar-refractivity contribution in [2.45, 2.75) is 0 Å². The third-order valence-corrected chi connectivity index (χ3v) is 3.30. The van der Waals surface area contributed by atoms with Gasteiger partial charge in [0.15, 0.2) is 0 Å². The second kappa shape index (κ2) is 6.29. The van der Waals surface area contributed by atoms with Crippen LogP contribution < -0.4 is 5.32 Å².